The van der Waals surface area contributed by atoms with E-state index < -0.39 is 0 Å². The molecular formula is C12H15ClN2. The number of rotatable bonds is 4. The van der Waals surface area contributed by atoms with Gasteiger partial charge in [-0.15, -0.1) is 0 Å². The first-order chi connectivity index (χ1) is 7.17. The smallest absolute Gasteiger partial charge is 0.101 e. The van der Waals surface area contributed by atoms with E-state index >= 15 is 0 Å². The number of hydrogen-bond donors (Lipinski definition) is 1. The molecule has 0 aliphatic rings. The van der Waals surface area contributed by atoms with Crippen molar-refractivity contribution in [3.8, 4) is 6.07 Å². The van der Waals surface area contributed by atoms with Crippen LogP contribution in [-0.4, -0.2) is 6.04 Å². The molecule has 0 aliphatic heterocycles. The fourth-order valence-electron chi connectivity index (χ4n) is 1.50. The highest BCUT2D eigenvalue weighted by Gasteiger charge is 2.06. The Hall–Kier alpha value is -1.20. The van der Waals surface area contributed by atoms with Crippen LogP contribution in [0.25, 0.3) is 0 Å². The van der Waals surface area contributed by atoms with Gasteiger partial charge in [0.25, 0.3) is 0 Å². The highest BCUT2D eigenvalue weighted by molar-refractivity contribution is 6.30. The topological polar surface area (TPSA) is 35.8 Å². The van der Waals surface area contributed by atoms with Crippen molar-refractivity contribution < 1.29 is 0 Å². The molecule has 0 aliphatic carbocycles. The van der Waals surface area contributed by atoms with Crippen molar-refractivity contribution in [3.05, 3.63) is 28.8 Å². The van der Waals surface area contributed by atoms with E-state index in [2.05, 4.69) is 25.2 Å². The molecule has 0 aromatic heterocycles. The Morgan fingerprint density at radius 3 is 2.87 bits per heavy atom. The lowest BCUT2D eigenvalue weighted by Crippen LogP contribution is -2.15. The van der Waals surface area contributed by atoms with Gasteiger partial charge in [0.1, 0.15) is 6.07 Å². The van der Waals surface area contributed by atoms with Crippen molar-refractivity contribution in [1.29, 1.82) is 5.26 Å². The van der Waals surface area contributed by atoms with Gasteiger partial charge in [0, 0.05) is 11.1 Å². The molecule has 0 heterocycles. The minimum Gasteiger partial charge on any atom is -0.381 e. The Morgan fingerprint density at radius 2 is 2.27 bits per heavy atom. The molecule has 1 aromatic carbocycles. The first-order valence-corrected chi connectivity index (χ1v) is 5.51. The standard InChI is InChI=1S/C12H15ClN2/c1-3-4-9(2)15-12-7-11(13)6-5-10(12)8-14/h5-7,9,15H,3-4H2,1-2H3. The van der Waals surface area contributed by atoms with Crippen LogP contribution in [0, 0.1) is 11.3 Å². The predicted molar refractivity (Wildman–Crippen MR) is 64.2 cm³/mol. The maximum Gasteiger partial charge on any atom is 0.101 e. The second-order valence-corrected chi connectivity index (χ2v) is 4.07. The minimum absolute atomic E-state index is 0.362. The van der Waals surface area contributed by atoms with Crippen molar-refractivity contribution in [2.45, 2.75) is 32.7 Å². The third kappa shape index (κ3) is 3.45. The molecule has 3 heteroatoms. The first-order valence-electron chi connectivity index (χ1n) is 5.13. The Morgan fingerprint density at radius 1 is 1.53 bits per heavy atom. The molecule has 1 aromatic rings. The zero-order chi connectivity index (χ0) is 11.3. The summed E-state index contributed by atoms with van der Waals surface area (Å²) >= 11 is 5.88. The van der Waals surface area contributed by atoms with Crippen molar-refractivity contribution >= 4 is 17.3 Å². The normalized spacial score (nSPS) is 11.9. The van der Waals surface area contributed by atoms with Crippen LogP contribution < -0.4 is 5.32 Å². The molecule has 1 N–H and O–H groups in total. The summed E-state index contributed by atoms with van der Waals surface area (Å²) in [5.41, 5.74) is 1.47. The molecule has 1 rings (SSSR count). The van der Waals surface area contributed by atoms with Crippen molar-refractivity contribution in [3.63, 3.8) is 0 Å². The Kier molecular flexibility index (Phi) is 4.45. The van der Waals surface area contributed by atoms with E-state index in [1.54, 1.807) is 18.2 Å². The van der Waals surface area contributed by atoms with Gasteiger partial charge in [0.15, 0.2) is 0 Å². The molecule has 0 saturated heterocycles. The maximum atomic E-state index is 8.92. The molecule has 0 fully saturated rings. The van der Waals surface area contributed by atoms with E-state index in [-0.39, 0.29) is 0 Å². The summed E-state index contributed by atoms with van der Waals surface area (Å²) in [4.78, 5) is 0. The third-order valence-electron chi connectivity index (χ3n) is 2.23. The van der Waals surface area contributed by atoms with Gasteiger partial charge in [-0.1, -0.05) is 24.9 Å². The summed E-state index contributed by atoms with van der Waals surface area (Å²) < 4.78 is 0. The Bertz CT molecular complexity index is 368. The molecule has 0 spiro atoms. The van der Waals surface area contributed by atoms with Gasteiger partial charge >= 0.3 is 0 Å². The van der Waals surface area contributed by atoms with Gasteiger partial charge < -0.3 is 5.32 Å². The van der Waals surface area contributed by atoms with Crippen LogP contribution in [0.2, 0.25) is 5.02 Å². The largest absolute Gasteiger partial charge is 0.381 e. The number of anilines is 1. The fourth-order valence-corrected chi connectivity index (χ4v) is 1.68. The average Bonchev–Trinajstić information content (AvgIpc) is 2.18. The summed E-state index contributed by atoms with van der Waals surface area (Å²) in [5, 5.41) is 12.9. The first kappa shape index (κ1) is 11.9. The number of nitrogens with one attached hydrogen (secondary N) is 1. The second kappa shape index (κ2) is 5.63. The predicted octanol–water partition coefficient (Wildman–Crippen LogP) is 3.81. The number of nitriles is 1. The molecule has 80 valence electrons. The summed E-state index contributed by atoms with van der Waals surface area (Å²) in [6, 6.07) is 7.78. The number of halogens is 1. The van der Waals surface area contributed by atoms with E-state index in [1.807, 2.05) is 0 Å². The highest BCUT2D eigenvalue weighted by Crippen LogP contribution is 2.21. The van der Waals surface area contributed by atoms with Gasteiger partial charge in [-0.25, -0.2) is 0 Å². The van der Waals surface area contributed by atoms with Crippen LogP contribution in [0.1, 0.15) is 32.3 Å². The number of hydrogen-bond acceptors (Lipinski definition) is 2. The van der Waals surface area contributed by atoms with E-state index in [1.165, 1.54) is 0 Å². The summed E-state index contributed by atoms with van der Waals surface area (Å²) in [7, 11) is 0. The van der Waals surface area contributed by atoms with E-state index in [9.17, 15) is 0 Å². The van der Waals surface area contributed by atoms with Crippen molar-refractivity contribution in [2.75, 3.05) is 5.32 Å². The lowest BCUT2D eigenvalue weighted by molar-refractivity contribution is 0.690. The summed E-state index contributed by atoms with van der Waals surface area (Å²) in [6.45, 7) is 4.24. The number of benzene rings is 1. The molecule has 0 radical (unpaired) electrons. The zero-order valence-corrected chi connectivity index (χ0v) is 9.80. The Balaban J connectivity index is 2.83. The van der Waals surface area contributed by atoms with Gasteiger partial charge in [0.2, 0.25) is 0 Å². The molecule has 1 unspecified atom stereocenters. The van der Waals surface area contributed by atoms with Gasteiger partial charge in [0.05, 0.1) is 11.3 Å². The van der Waals surface area contributed by atoms with Crippen LogP contribution >= 0.6 is 11.6 Å². The molecule has 0 amide bonds. The number of nitrogens with zero attached hydrogens (tertiary/aromatic N) is 1. The fraction of sp³-hybridized carbons (Fsp3) is 0.417. The lowest BCUT2D eigenvalue weighted by atomic mass is 10.1. The van der Waals surface area contributed by atoms with Crippen LogP contribution in [0.4, 0.5) is 5.69 Å². The van der Waals surface area contributed by atoms with Gasteiger partial charge in [-0.3, -0.25) is 0 Å². The average molecular weight is 223 g/mol. The van der Waals surface area contributed by atoms with Crippen LogP contribution in [0.3, 0.4) is 0 Å². The molecular weight excluding hydrogens is 208 g/mol. The van der Waals surface area contributed by atoms with E-state index in [0.29, 0.717) is 16.6 Å². The lowest BCUT2D eigenvalue weighted by Gasteiger charge is -2.15. The molecule has 15 heavy (non-hydrogen) atoms. The van der Waals surface area contributed by atoms with Crippen LogP contribution in [0.5, 0.6) is 0 Å². The van der Waals surface area contributed by atoms with Gasteiger partial charge in [-0.05, 0) is 31.5 Å². The molecule has 0 bridgehead atoms. The van der Waals surface area contributed by atoms with Crippen molar-refractivity contribution in [1.82, 2.24) is 0 Å². The third-order valence-corrected chi connectivity index (χ3v) is 2.46. The van der Waals surface area contributed by atoms with Gasteiger partial charge in [-0.2, -0.15) is 5.26 Å². The van der Waals surface area contributed by atoms with Crippen LogP contribution in [-0.2, 0) is 0 Å². The van der Waals surface area contributed by atoms with E-state index in [0.717, 1.165) is 18.5 Å². The summed E-state index contributed by atoms with van der Waals surface area (Å²) in [5.74, 6) is 0. The minimum atomic E-state index is 0.362. The molecule has 0 saturated carbocycles. The zero-order valence-electron chi connectivity index (χ0n) is 9.05. The highest BCUT2D eigenvalue weighted by atomic mass is 35.5. The SMILES string of the molecule is CCCC(C)Nc1cc(Cl)ccc1C#N. The van der Waals surface area contributed by atoms with Crippen molar-refractivity contribution in [2.24, 2.45) is 0 Å². The monoisotopic (exact) mass is 222 g/mol. The maximum absolute atomic E-state index is 8.92. The van der Waals surface area contributed by atoms with E-state index in [4.69, 9.17) is 16.9 Å². The quantitative estimate of drug-likeness (QED) is 0.841. The van der Waals surface area contributed by atoms with Crippen LogP contribution in [0.15, 0.2) is 18.2 Å². The molecule has 2 nitrogen and oxygen atoms in total. The molecule has 1 atom stereocenters. The second-order valence-electron chi connectivity index (χ2n) is 3.64. The Labute approximate surface area is 95.9 Å². The summed E-state index contributed by atoms with van der Waals surface area (Å²) in [6.07, 6.45) is 2.20.